The third-order valence-electron chi connectivity index (χ3n) is 5.72. The molecule has 1 saturated carbocycles. The van der Waals surface area contributed by atoms with Gasteiger partial charge in [0.2, 0.25) is 0 Å². The minimum atomic E-state index is 0.776. The van der Waals surface area contributed by atoms with E-state index in [4.69, 9.17) is 4.74 Å². The number of nitriles is 1. The Morgan fingerprint density at radius 2 is 2.12 bits per heavy atom. The van der Waals surface area contributed by atoms with Crippen LogP contribution in [-0.2, 0) is 4.74 Å². The summed E-state index contributed by atoms with van der Waals surface area (Å²) in [5, 5.41) is 9.90. The summed E-state index contributed by atoms with van der Waals surface area (Å²) in [4.78, 5) is 7.02. The molecule has 2 aliphatic rings. The molecule has 0 saturated heterocycles. The van der Waals surface area contributed by atoms with E-state index >= 15 is 0 Å². The highest BCUT2D eigenvalue weighted by molar-refractivity contribution is 5.54. The Bertz CT molecular complexity index is 577. The highest BCUT2D eigenvalue weighted by atomic mass is 16.5. The van der Waals surface area contributed by atoms with E-state index in [9.17, 15) is 5.26 Å². The molecule has 4 nitrogen and oxygen atoms in total. The zero-order chi connectivity index (χ0) is 18.8. The predicted octanol–water partition coefficient (Wildman–Crippen LogP) is 5.23. The number of unbranched alkanes of at least 4 members (excludes halogenated alkanes) is 1. The molecule has 4 heteroatoms. The summed E-state index contributed by atoms with van der Waals surface area (Å²) >= 11 is 0. The average Bonchev–Trinajstić information content (AvgIpc) is 2.67. The molecule has 0 N–H and O–H groups in total. The maximum absolute atomic E-state index is 9.90. The van der Waals surface area contributed by atoms with Gasteiger partial charge in [-0.1, -0.05) is 38.2 Å². The second-order valence-electron chi connectivity index (χ2n) is 7.76. The lowest BCUT2D eigenvalue weighted by Gasteiger charge is -2.34. The van der Waals surface area contributed by atoms with Crippen LogP contribution in [0.2, 0.25) is 0 Å². The smallest absolute Gasteiger partial charge is 0.173 e. The van der Waals surface area contributed by atoms with Crippen molar-refractivity contribution in [1.29, 1.82) is 5.26 Å². The van der Waals surface area contributed by atoms with Gasteiger partial charge in [-0.2, -0.15) is 5.26 Å². The summed E-state index contributed by atoms with van der Waals surface area (Å²) in [5.74, 6) is 0.837. The van der Waals surface area contributed by atoms with E-state index in [0.717, 1.165) is 56.0 Å². The molecule has 0 spiro atoms. The first-order chi connectivity index (χ1) is 12.7. The first-order valence-electron chi connectivity index (χ1n) is 10.3. The Labute approximate surface area is 159 Å². The largest absolute Gasteiger partial charge is 0.486 e. The van der Waals surface area contributed by atoms with Crippen molar-refractivity contribution in [3.8, 4) is 6.07 Å². The molecular formula is C22H35N3O. The van der Waals surface area contributed by atoms with E-state index in [0.29, 0.717) is 0 Å². The monoisotopic (exact) mass is 357 g/mol. The molecule has 0 unspecified atom stereocenters. The minimum absolute atomic E-state index is 0.776. The molecule has 26 heavy (non-hydrogen) atoms. The molecule has 1 heterocycles. The molecule has 1 fully saturated rings. The van der Waals surface area contributed by atoms with Crippen molar-refractivity contribution in [3.63, 3.8) is 0 Å². The standard InChI is InChI=1S/C22H35N3O/c1-4-5-11-22(24-17-26-3)20(14-23)21-16-25(13-12-18(21)2)15-19-9-7-6-8-10-19/h17,19H,4-13,15-16H2,1-3H3/b22-20+,24-17?. The molecule has 0 bridgehead atoms. The van der Waals surface area contributed by atoms with E-state index < -0.39 is 0 Å². The lowest BCUT2D eigenvalue weighted by atomic mass is 9.87. The first kappa shape index (κ1) is 20.7. The predicted molar refractivity (Wildman–Crippen MR) is 108 cm³/mol. The van der Waals surface area contributed by atoms with Crippen LogP contribution in [0.15, 0.2) is 27.4 Å². The highest BCUT2D eigenvalue weighted by Gasteiger charge is 2.24. The first-order valence-corrected chi connectivity index (χ1v) is 10.3. The quantitative estimate of drug-likeness (QED) is 0.339. The van der Waals surface area contributed by atoms with E-state index in [2.05, 4.69) is 29.8 Å². The molecule has 0 radical (unpaired) electrons. The van der Waals surface area contributed by atoms with Crippen LogP contribution in [-0.4, -0.2) is 38.0 Å². The fourth-order valence-electron chi connectivity index (χ4n) is 4.12. The number of rotatable bonds is 8. The Balaban J connectivity index is 2.18. The van der Waals surface area contributed by atoms with Gasteiger partial charge in [-0.15, -0.1) is 0 Å². The van der Waals surface area contributed by atoms with Crippen molar-refractivity contribution in [1.82, 2.24) is 4.90 Å². The number of aliphatic imine (C=N–C) groups is 1. The molecule has 2 rings (SSSR count). The second kappa shape index (κ2) is 11.2. The molecular weight excluding hydrogens is 322 g/mol. The second-order valence-corrected chi connectivity index (χ2v) is 7.76. The topological polar surface area (TPSA) is 48.6 Å². The van der Waals surface area contributed by atoms with Crippen LogP contribution >= 0.6 is 0 Å². The summed E-state index contributed by atoms with van der Waals surface area (Å²) < 4.78 is 5.02. The normalized spacial score (nSPS) is 21.0. The van der Waals surface area contributed by atoms with Crippen LogP contribution in [0.3, 0.4) is 0 Å². The number of hydrogen-bond acceptors (Lipinski definition) is 4. The van der Waals surface area contributed by atoms with Gasteiger partial charge in [0.05, 0.1) is 18.4 Å². The fourth-order valence-corrected chi connectivity index (χ4v) is 4.12. The average molecular weight is 358 g/mol. The van der Waals surface area contributed by atoms with E-state index in [1.807, 2.05) is 0 Å². The molecule has 0 aromatic rings. The lowest BCUT2D eigenvalue weighted by Crippen LogP contribution is -2.36. The van der Waals surface area contributed by atoms with Crippen molar-refractivity contribution in [2.75, 3.05) is 26.7 Å². The fraction of sp³-hybridized carbons (Fsp3) is 0.727. The van der Waals surface area contributed by atoms with Gasteiger partial charge in [-0.25, -0.2) is 4.99 Å². The van der Waals surface area contributed by atoms with Gasteiger partial charge in [-0.05, 0) is 50.5 Å². The number of nitrogens with zero attached hydrogens (tertiary/aromatic N) is 3. The Hall–Kier alpha value is -1.60. The molecule has 0 amide bonds. The Kier molecular flexibility index (Phi) is 8.91. The van der Waals surface area contributed by atoms with Crippen molar-refractivity contribution >= 4 is 6.40 Å². The molecule has 0 atom stereocenters. The number of ether oxygens (including phenoxy) is 1. The van der Waals surface area contributed by atoms with Crippen molar-refractivity contribution in [2.24, 2.45) is 10.9 Å². The van der Waals surface area contributed by atoms with E-state index in [1.165, 1.54) is 56.2 Å². The van der Waals surface area contributed by atoms with Gasteiger partial charge in [0.15, 0.2) is 6.40 Å². The third kappa shape index (κ3) is 5.99. The number of hydrogen-bond donors (Lipinski definition) is 0. The SMILES string of the molecule is CCCC/C(N=COC)=C(/C#N)C1=C(C)CCN(CC2CCCCC2)C1. The maximum atomic E-state index is 9.90. The number of methoxy groups -OCH3 is 1. The lowest BCUT2D eigenvalue weighted by molar-refractivity contribution is 0.208. The third-order valence-corrected chi connectivity index (χ3v) is 5.72. The van der Waals surface area contributed by atoms with Crippen LogP contribution in [0.5, 0.6) is 0 Å². The van der Waals surface area contributed by atoms with E-state index in [-0.39, 0.29) is 0 Å². The van der Waals surface area contributed by atoms with Crippen LogP contribution in [0, 0.1) is 17.2 Å². The zero-order valence-corrected chi connectivity index (χ0v) is 16.9. The minimum Gasteiger partial charge on any atom is -0.486 e. The molecule has 144 valence electrons. The van der Waals surface area contributed by atoms with Crippen molar-refractivity contribution in [2.45, 2.75) is 71.6 Å². The van der Waals surface area contributed by atoms with Gasteiger partial charge >= 0.3 is 0 Å². The van der Waals surface area contributed by atoms with Gasteiger partial charge in [0.25, 0.3) is 0 Å². The van der Waals surface area contributed by atoms with Crippen LogP contribution in [0.25, 0.3) is 0 Å². The summed E-state index contributed by atoms with van der Waals surface area (Å²) in [6.45, 7) is 7.55. The zero-order valence-electron chi connectivity index (χ0n) is 16.9. The van der Waals surface area contributed by atoms with Gasteiger partial charge in [0.1, 0.15) is 6.07 Å². The molecule has 1 aliphatic heterocycles. The maximum Gasteiger partial charge on any atom is 0.173 e. The van der Waals surface area contributed by atoms with Crippen LogP contribution in [0.4, 0.5) is 0 Å². The molecule has 0 aromatic carbocycles. The van der Waals surface area contributed by atoms with Gasteiger partial charge in [-0.3, -0.25) is 4.90 Å². The highest BCUT2D eigenvalue weighted by Crippen LogP contribution is 2.30. The Morgan fingerprint density at radius 3 is 2.77 bits per heavy atom. The van der Waals surface area contributed by atoms with E-state index in [1.54, 1.807) is 7.11 Å². The Morgan fingerprint density at radius 1 is 1.35 bits per heavy atom. The summed E-state index contributed by atoms with van der Waals surface area (Å²) in [7, 11) is 1.60. The van der Waals surface area contributed by atoms with Crippen LogP contribution in [0.1, 0.15) is 71.6 Å². The van der Waals surface area contributed by atoms with Gasteiger partial charge < -0.3 is 4.74 Å². The molecule has 1 aliphatic carbocycles. The molecule has 0 aromatic heterocycles. The summed E-state index contributed by atoms with van der Waals surface area (Å²) in [6.07, 6.45) is 12.4. The van der Waals surface area contributed by atoms with Crippen molar-refractivity contribution < 1.29 is 4.74 Å². The van der Waals surface area contributed by atoms with Gasteiger partial charge in [0, 0.05) is 19.6 Å². The summed E-state index contributed by atoms with van der Waals surface area (Å²) in [5.41, 5.74) is 4.21. The van der Waals surface area contributed by atoms with Crippen LogP contribution < -0.4 is 0 Å². The summed E-state index contributed by atoms with van der Waals surface area (Å²) in [6, 6.07) is 2.47. The van der Waals surface area contributed by atoms with Crippen molar-refractivity contribution in [3.05, 3.63) is 22.4 Å². The number of allylic oxidation sites excluding steroid dienone is 1.